The summed E-state index contributed by atoms with van der Waals surface area (Å²) in [5.74, 6) is 0.0507. The second-order valence-corrected chi connectivity index (χ2v) is 6.68. The summed E-state index contributed by atoms with van der Waals surface area (Å²) in [6.45, 7) is 0.873. The minimum Gasteiger partial charge on any atom is -0.307 e. The van der Waals surface area contributed by atoms with E-state index in [0.717, 1.165) is 32.1 Å². The number of nitrogens with one attached hydrogen (secondary N) is 1. The second kappa shape index (κ2) is 5.20. The SMILES string of the molecule is CS(=O)(=O)c1ccc(C(=O)C2CCCCN2)cc1. The van der Waals surface area contributed by atoms with Crippen LogP contribution in [0.3, 0.4) is 0 Å². The standard InChI is InChI=1S/C13H17NO3S/c1-18(16,17)11-7-5-10(6-8-11)13(15)12-4-2-3-9-14-12/h5-8,12,14H,2-4,9H2,1H3. The molecule has 1 heterocycles. The van der Waals surface area contributed by atoms with Crippen molar-refractivity contribution < 1.29 is 13.2 Å². The molecule has 18 heavy (non-hydrogen) atoms. The topological polar surface area (TPSA) is 63.2 Å². The number of ketones is 1. The van der Waals surface area contributed by atoms with Crippen LogP contribution in [0.4, 0.5) is 0 Å². The lowest BCUT2D eigenvalue weighted by Crippen LogP contribution is -2.40. The largest absolute Gasteiger partial charge is 0.307 e. The minimum absolute atomic E-state index is 0.0507. The van der Waals surface area contributed by atoms with Gasteiger partial charge in [-0.25, -0.2) is 8.42 Å². The van der Waals surface area contributed by atoms with E-state index < -0.39 is 9.84 Å². The summed E-state index contributed by atoms with van der Waals surface area (Å²) in [4.78, 5) is 12.4. The maximum atomic E-state index is 12.1. The van der Waals surface area contributed by atoms with Crippen LogP contribution in [0.2, 0.25) is 0 Å². The molecule has 1 N–H and O–H groups in total. The van der Waals surface area contributed by atoms with Crippen molar-refractivity contribution in [2.75, 3.05) is 12.8 Å². The summed E-state index contributed by atoms with van der Waals surface area (Å²) in [5, 5.41) is 3.19. The van der Waals surface area contributed by atoms with Crippen LogP contribution in [0.5, 0.6) is 0 Å². The Kier molecular flexibility index (Phi) is 3.82. The lowest BCUT2D eigenvalue weighted by atomic mass is 9.96. The Bertz CT molecular complexity index is 528. The van der Waals surface area contributed by atoms with E-state index in [4.69, 9.17) is 0 Å². The van der Waals surface area contributed by atoms with Crippen LogP contribution in [0.25, 0.3) is 0 Å². The van der Waals surface area contributed by atoms with E-state index in [2.05, 4.69) is 5.32 Å². The molecular formula is C13H17NO3S. The predicted molar refractivity (Wildman–Crippen MR) is 69.5 cm³/mol. The molecule has 0 amide bonds. The van der Waals surface area contributed by atoms with Gasteiger partial charge in [0.2, 0.25) is 0 Å². The zero-order valence-electron chi connectivity index (χ0n) is 10.3. The van der Waals surface area contributed by atoms with Crippen molar-refractivity contribution in [3.8, 4) is 0 Å². The Hall–Kier alpha value is -1.20. The highest BCUT2D eigenvalue weighted by Gasteiger charge is 2.21. The van der Waals surface area contributed by atoms with Crippen LogP contribution in [-0.2, 0) is 9.84 Å². The average Bonchev–Trinajstić information content (AvgIpc) is 2.38. The van der Waals surface area contributed by atoms with E-state index in [9.17, 15) is 13.2 Å². The molecule has 1 fully saturated rings. The molecule has 98 valence electrons. The molecule has 0 bridgehead atoms. The summed E-state index contributed by atoms with van der Waals surface area (Å²) in [7, 11) is -3.20. The van der Waals surface area contributed by atoms with Gasteiger partial charge in [-0.1, -0.05) is 18.6 Å². The van der Waals surface area contributed by atoms with E-state index in [1.165, 1.54) is 12.1 Å². The number of carbonyl (C=O) groups excluding carboxylic acids is 1. The molecule has 0 aromatic heterocycles. The average molecular weight is 267 g/mol. The van der Waals surface area contributed by atoms with Crippen LogP contribution in [-0.4, -0.2) is 33.0 Å². The smallest absolute Gasteiger partial charge is 0.179 e. The summed E-state index contributed by atoms with van der Waals surface area (Å²) in [6, 6.07) is 6.05. The maximum absolute atomic E-state index is 12.1. The zero-order valence-corrected chi connectivity index (χ0v) is 11.2. The van der Waals surface area contributed by atoms with Crippen molar-refractivity contribution in [2.24, 2.45) is 0 Å². The van der Waals surface area contributed by atoms with Gasteiger partial charge in [-0.05, 0) is 31.5 Å². The van der Waals surface area contributed by atoms with E-state index in [0.29, 0.717) is 5.56 Å². The van der Waals surface area contributed by atoms with Gasteiger partial charge in [0.05, 0.1) is 10.9 Å². The molecule has 0 spiro atoms. The number of sulfone groups is 1. The molecule has 1 aromatic rings. The summed E-state index contributed by atoms with van der Waals surface area (Å²) < 4.78 is 22.6. The lowest BCUT2D eigenvalue weighted by molar-refractivity contribution is 0.0927. The van der Waals surface area contributed by atoms with Crippen molar-refractivity contribution in [3.05, 3.63) is 29.8 Å². The lowest BCUT2D eigenvalue weighted by Gasteiger charge is -2.22. The Morgan fingerprint density at radius 2 is 1.89 bits per heavy atom. The van der Waals surface area contributed by atoms with Gasteiger partial charge in [-0.2, -0.15) is 0 Å². The van der Waals surface area contributed by atoms with E-state index in [1.54, 1.807) is 12.1 Å². The molecule has 4 nitrogen and oxygen atoms in total. The molecular weight excluding hydrogens is 250 g/mol. The van der Waals surface area contributed by atoms with Gasteiger partial charge in [-0.3, -0.25) is 4.79 Å². The fraction of sp³-hybridized carbons (Fsp3) is 0.462. The second-order valence-electron chi connectivity index (χ2n) is 4.66. The molecule has 1 saturated heterocycles. The van der Waals surface area contributed by atoms with E-state index >= 15 is 0 Å². The number of hydrogen-bond acceptors (Lipinski definition) is 4. The van der Waals surface area contributed by atoms with E-state index in [-0.39, 0.29) is 16.7 Å². The Labute approximate surface area is 107 Å². The fourth-order valence-electron chi connectivity index (χ4n) is 2.14. The van der Waals surface area contributed by atoms with Gasteiger partial charge < -0.3 is 5.32 Å². The minimum atomic E-state index is -3.20. The Morgan fingerprint density at radius 1 is 1.22 bits per heavy atom. The van der Waals surface area contributed by atoms with Crippen molar-refractivity contribution in [1.29, 1.82) is 0 Å². The normalized spacial score (nSPS) is 20.6. The van der Waals surface area contributed by atoms with Crippen molar-refractivity contribution in [1.82, 2.24) is 5.32 Å². The third-order valence-corrected chi connectivity index (χ3v) is 4.32. The van der Waals surface area contributed by atoms with Gasteiger partial charge in [-0.15, -0.1) is 0 Å². The first kappa shape index (κ1) is 13.2. The molecule has 1 atom stereocenters. The molecule has 0 radical (unpaired) electrons. The first-order valence-electron chi connectivity index (χ1n) is 6.06. The number of piperidine rings is 1. The third-order valence-electron chi connectivity index (χ3n) is 3.19. The van der Waals surface area contributed by atoms with Gasteiger partial charge in [0, 0.05) is 11.8 Å². The summed E-state index contributed by atoms with van der Waals surface area (Å²) >= 11 is 0. The van der Waals surface area contributed by atoms with Crippen molar-refractivity contribution in [3.63, 3.8) is 0 Å². The summed E-state index contributed by atoms with van der Waals surface area (Å²) in [6.07, 6.45) is 4.18. The van der Waals surface area contributed by atoms with Crippen LogP contribution in [0, 0.1) is 0 Å². The number of rotatable bonds is 3. The predicted octanol–water partition coefficient (Wildman–Crippen LogP) is 1.41. The Balaban J connectivity index is 2.16. The van der Waals surface area contributed by atoms with Gasteiger partial charge >= 0.3 is 0 Å². The molecule has 5 heteroatoms. The number of benzene rings is 1. The van der Waals surface area contributed by atoms with Crippen LogP contribution in [0.15, 0.2) is 29.2 Å². The molecule has 1 aromatic carbocycles. The first-order valence-corrected chi connectivity index (χ1v) is 7.95. The number of Topliss-reactive ketones (excluding diaryl/α,β-unsaturated/α-hetero) is 1. The maximum Gasteiger partial charge on any atom is 0.179 e. The van der Waals surface area contributed by atoms with Crippen molar-refractivity contribution >= 4 is 15.6 Å². The molecule has 0 aliphatic carbocycles. The van der Waals surface area contributed by atoms with E-state index in [1.807, 2.05) is 0 Å². The zero-order chi connectivity index (χ0) is 13.2. The first-order chi connectivity index (χ1) is 8.48. The van der Waals surface area contributed by atoms with Gasteiger partial charge in [0.15, 0.2) is 15.6 Å². The van der Waals surface area contributed by atoms with Gasteiger partial charge in [0.25, 0.3) is 0 Å². The molecule has 2 rings (SSSR count). The van der Waals surface area contributed by atoms with Crippen LogP contribution in [0.1, 0.15) is 29.6 Å². The number of hydrogen-bond donors (Lipinski definition) is 1. The Morgan fingerprint density at radius 3 is 2.39 bits per heavy atom. The summed E-state index contributed by atoms with van der Waals surface area (Å²) in [5.41, 5.74) is 0.571. The van der Waals surface area contributed by atoms with Crippen LogP contribution < -0.4 is 5.32 Å². The van der Waals surface area contributed by atoms with Gasteiger partial charge in [0.1, 0.15) is 0 Å². The molecule has 1 aliphatic heterocycles. The fourth-order valence-corrected chi connectivity index (χ4v) is 2.77. The highest BCUT2D eigenvalue weighted by atomic mass is 32.2. The number of carbonyl (C=O) groups is 1. The monoisotopic (exact) mass is 267 g/mol. The molecule has 1 aliphatic rings. The third kappa shape index (κ3) is 2.97. The molecule has 1 unspecified atom stereocenters. The van der Waals surface area contributed by atoms with Crippen molar-refractivity contribution in [2.45, 2.75) is 30.2 Å². The highest BCUT2D eigenvalue weighted by Crippen LogP contribution is 2.15. The quantitative estimate of drug-likeness (QED) is 0.841. The molecule has 0 saturated carbocycles. The van der Waals surface area contributed by atoms with Crippen LogP contribution >= 0.6 is 0 Å². The highest BCUT2D eigenvalue weighted by molar-refractivity contribution is 7.90.